The zero-order valence-corrected chi connectivity index (χ0v) is 10.8. The van der Waals surface area contributed by atoms with E-state index in [0.29, 0.717) is 12.8 Å². The summed E-state index contributed by atoms with van der Waals surface area (Å²) in [6.07, 6.45) is 1.82. The molecule has 0 radical (unpaired) electrons. The van der Waals surface area contributed by atoms with Gasteiger partial charge in [0, 0.05) is 6.04 Å². The molecule has 1 aromatic rings. The molecule has 0 spiro atoms. The summed E-state index contributed by atoms with van der Waals surface area (Å²) in [4.78, 5) is 17.6. The van der Waals surface area contributed by atoms with Crippen LogP contribution in [0, 0.1) is 10.1 Å². The Hall–Kier alpha value is -1.97. The van der Waals surface area contributed by atoms with E-state index in [-0.39, 0.29) is 35.0 Å². The predicted octanol–water partition coefficient (Wildman–Crippen LogP) is -0.0439. The maximum atomic E-state index is 11.3. The summed E-state index contributed by atoms with van der Waals surface area (Å²) in [5.41, 5.74) is 5.12. The van der Waals surface area contributed by atoms with Crippen LogP contribution in [0.25, 0.3) is 0 Å². The van der Waals surface area contributed by atoms with E-state index in [2.05, 4.69) is 15.3 Å². The lowest BCUT2D eigenvalue weighted by Gasteiger charge is -2.23. The lowest BCUT2D eigenvalue weighted by atomic mass is 10.1. The maximum Gasteiger partial charge on any atom is 0.329 e. The number of nitrogen functional groups attached to an aromatic ring is 1. The Labute approximate surface area is 109 Å². The lowest BCUT2D eigenvalue weighted by molar-refractivity contribution is -0.384. The Kier molecular flexibility index (Phi) is 3.51. The number of aromatic nitrogens is 2. The van der Waals surface area contributed by atoms with Crippen molar-refractivity contribution in [2.45, 2.75) is 18.9 Å². The second-order valence-corrected chi connectivity index (χ2v) is 6.59. The summed E-state index contributed by atoms with van der Waals surface area (Å²) in [6.45, 7) is 0. The van der Waals surface area contributed by atoms with E-state index in [1.165, 1.54) is 0 Å². The van der Waals surface area contributed by atoms with E-state index in [1.54, 1.807) is 0 Å². The first-order valence-corrected chi connectivity index (χ1v) is 7.43. The van der Waals surface area contributed by atoms with E-state index in [0.717, 1.165) is 6.20 Å². The van der Waals surface area contributed by atoms with Crippen LogP contribution in [-0.2, 0) is 9.84 Å². The second kappa shape index (κ2) is 4.96. The first-order valence-electron chi connectivity index (χ1n) is 5.61. The Morgan fingerprint density at radius 3 is 2.63 bits per heavy atom. The van der Waals surface area contributed by atoms with Gasteiger partial charge in [0.05, 0.1) is 16.4 Å². The molecule has 10 heteroatoms. The van der Waals surface area contributed by atoms with Gasteiger partial charge in [-0.2, -0.15) is 4.98 Å². The van der Waals surface area contributed by atoms with E-state index in [9.17, 15) is 18.5 Å². The van der Waals surface area contributed by atoms with Gasteiger partial charge in [-0.05, 0) is 12.8 Å². The highest BCUT2D eigenvalue weighted by Crippen LogP contribution is 2.24. The summed E-state index contributed by atoms with van der Waals surface area (Å²) < 4.78 is 22.6. The largest absolute Gasteiger partial charge is 0.368 e. The van der Waals surface area contributed by atoms with Gasteiger partial charge in [-0.3, -0.25) is 10.1 Å². The maximum absolute atomic E-state index is 11.3. The first kappa shape index (κ1) is 13.5. The van der Waals surface area contributed by atoms with Crippen molar-refractivity contribution in [3.8, 4) is 0 Å². The zero-order chi connectivity index (χ0) is 14.0. The Morgan fingerprint density at radius 1 is 1.42 bits per heavy atom. The molecule has 104 valence electrons. The fraction of sp³-hybridized carbons (Fsp3) is 0.556. The predicted molar refractivity (Wildman–Crippen MR) is 68.4 cm³/mol. The van der Waals surface area contributed by atoms with Crippen molar-refractivity contribution in [2.75, 3.05) is 22.6 Å². The molecule has 0 aliphatic carbocycles. The van der Waals surface area contributed by atoms with E-state index >= 15 is 0 Å². The molecule has 1 saturated heterocycles. The van der Waals surface area contributed by atoms with Crippen LogP contribution in [0.15, 0.2) is 6.20 Å². The van der Waals surface area contributed by atoms with Gasteiger partial charge in [-0.1, -0.05) is 0 Å². The number of hydrogen-bond donors (Lipinski definition) is 2. The molecular formula is C9H13N5O4S. The minimum Gasteiger partial charge on any atom is -0.368 e. The van der Waals surface area contributed by atoms with Crippen molar-refractivity contribution in [2.24, 2.45) is 0 Å². The van der Waals surface area contributed by atoms with Gasteiger partial charge in [0.2, 0.25) is 11.8 Å². The van der Waals surface area contributed by atoms with Crippen LogP contribution in [-0.4, -0.2) is 40.9 Å². The van der Waals surface area contributed by atoms with Gasteiger partial charge in [-0.15, -0.1) is 0 Å². The summed E-state index contributed by atoms with van der Waals surface area (Å²) in [5, 5.41) is 13.7. The Morgan fingerprint density at radius 2 is 2.05 bits per heavy atom. The summed E-state index contributed by atoms with van der Waals surface area (Å²) in [6, 6.07) is -0.170. The molecular weight excluding hydrogens is 274 g/mol. The van der Waals surface area contributed by atoms with Crippen molar-refractivity contribution in [3.63, 3.8) is 0 Å². The summed E-state index contributed by atoms with van der Waals surface area (Å²) in [7, 11) is -2.97. The van der Waals surface area contributed by atoms with Crippen LogP contribution in [0.4, 0.5) is 17.5 Å². The molecule has 0 aromatic carbocycles. The average molecular weight is 287 g/mol. The highest BCUT2D eigenvalue weighted by molar-refractivity contribution is 7.91. The molecule has 0 atom stereocenters. The van der Waals surface area contributed by atoms with Gasteiger partial charge < -0.3 is 11.1 Å². The average Bonchev–Trinajstić information content (AvgIpc) is 2.31. The molecule has 0 unspecified atom stereocenters. The van der Waals surface area contributed by atoms with Gasteiger partial charge in [0.1, 0.15) is 16.0 Å². The molecule has 1 fully saturated rings. The van der Waals surface area contributed by atoms with E-state index < -0.39 is 14.8 Å². The van der Waals surface area contributed by atoms with Crippen molar-refractivity contribution < 1.29 is 13.3 Å². The van der Waals surface area contributed by atoms with Crippen LogP contribution in [0.5, 0.6) is 0 Å². The molecule has 1 aliphatic heterocycles. The van der Waals surface area contributed by atoms with Crippen LogP contribution in [0.2, 0.25) is 0 Å². The van der Waals surface area contributed by atoms with Crippen molar-refractivity contribution >= 4 is 27.3 Å². The number of anilines is 2. The number of nitrogens with one attached hydrogen (secondary N) is 1. The second-order valence-electron chi connectivity index (χ2n) is 4.29. The minimum absolute atomic E-state index is 0.0294. The van der Waals surface area contributed by atoms with Crippen molar-refractivity contribution in [1.82, 2.24) is 9.97 Å². The number of nitrogens with two attached hydrogens (primary N) is 1. The highest BCUT2D eigenvalue weighted by Gasteiger charge is 2.26. The smallest absolute Gasteiger partial charge is 0.329 e. The molecule has 3 N–H and O–H groups in total. The molecule has 19 heavy (non-hydrogen) atoms. The third-order valence-corrected chi connectivity index (χ3v) is 4.60. The molecule has 0 amide bonds. The highest BCUT2D eigenvalue weighted by atomic mass is 32.2. The van der Waals surface area contributed by atoms with Crippen LogP contribution < -0.4 is 11.1 Å². The zero-order valence-electron chi connectivity index (χ0n) is 9.94. The molecule has 2 rings (SSSR count). The molecule has 2 heterocycles. The molecule has 1 aliphatic rings. The van der Waals surface area contributed by atoms with Gasteiger partial charge >= 0.3 is 5.69 Å². The van der Waals surface area contributed by atoms with Gasteiger partial charge in [0.15, 0.2) is 0 Å². The fourth-order valence-electron chi connectivity index (χ4n) is 1.86. The number of nitrogens with zero attached hydrogens (tertiary/aromatic N) is 3. The van der Waals surface area contributed by atoms with Crippen LogP contribution in [0.1, 0.15) is 12.8 Å². The van der Waals surface area contributed by atoms with E-state index in [1.807, 2.05) is 0 Å². The SMILES string of the molecule is Nc1ncc([N+](=O)[O-])c(NC2CCS(=O)(=O)CC2)n1. The topological polar surface area (TPSA) is 141 Å². The standard InChI is InChI=1S/C9H13N5O4S/c10-9-11-5-7(14(15)16)8(13-9)12-6-1-3-19(17,18)4-2-6/h5-6H,1-4H2,(H3,10,11,12,13). The Balaban J connectivity index is 2.15. The number of nitro groups is 1. The molecule has 9 nitrogen and oxygen atoms in total. The molecule has 0 saturated carbocycles. The Bertz CT molecular complexity index is 589. The van der Waals surface area contributed by atoms with Crippen molar-refractivity contribution in [3.05, 3.63) is 16.3 Å². The van der Waals surface area contributed by atoms with Gasteiger partial charge in [-0.25, -0.2) is 13.4 Å². The number of rotatable bonds is 3. The molecule has 0 bridgehead atoms. The first-order chi connectivity index (χ1) is 8.87. The summed E-state index contributed by atoms with van der Waals surface area (Å²) in [5.74, 6) is 0.0938. The van der Waals surface area contributed by atoms with Crippen molar-refractivity contribution in [1.29, 1.82) is 0 Å². The third kappa shape index (κ3) is 3.28. The third-order valence-electron chi connectivity index (χ3n) is 2.88. The van der Waals surface area contributed by atoms with Crippen LogP contribution in [0.3, 0.4) is 0 Å². The van der Waals surface area contributed by atoms with Gasteiger partial charge in [0.25, 0.3) is 0 Å². The monoisotopic (exact) mass is 287 g/mol. The van der Waals surface area contributed by atoms with E-state index in [4.69, 9.17) is 5.73 Å². The fourth-order valence-corrected chi connectivity index (χ4v) is 3.35. The number of sulfone groups is 1. The quantitative estimate of drug-likeness (QED) is 0.582. The van der Waals surface area contributed by atoms with Crippen LogP contribution >= 0.6 is 0 Å². The lowest BCUT2D eigenvalue weighted by Crippen LogP contribution is -2.32. The summed E-state index contributed by atoms with van der Waals surface area (Å²) >= 11 is 0. The number of hydrogen-bond acceptors (Lipinski definition) is 8. The molecule has 1 aromatic heterocycles. The minimum atomic E-state index is -2.97. The normalized spacial score (nSPS) is 18.9.